The summed E-state index contributed by atoms with van der Waals surface area (Å²) in [4.78, 5) is 10.1. The predicted octanol–water partition coefficient (Wildman–Crippen LogP) is 2.34. The molecule has 0 bridgehead atoms. The lowest BCUT2D eigenvalue weighted by molar-refractivity contribution is -0.109. The summed E-state index contributed by atoms with van der Waals surface area (Å²) in [6.07, 6.45) is 7.06. The molecule has 0 rings (SSSR count). The van der Waals surface area contributed by atoms with Crippen LogP contribution >= 0.6 is 0 Å². The Morgan fingerprint density at radius 3 is 2.50 bits per heavy atom. The van der Waals surface area contributed by atoms with Crippen LogP contribution in [0.3, 0.4) is 0 Å². The number of hydrogen-bond donors (Lipinski definition) is 0. The third-order valence-electron chi connectivity index (χ3n) is 1.29. The van der Waals surface area contributed by atoms with Crippen molar-refractivity contribution in [2.45, 2.75) is 20.3 Å². The molecule has 56 valence electrons. The van der Waals surface area contributed by atoms with E-state index in [1.165, 1.54) is 0 Å². The SMILES string of the molecule is C=C/C=C/C(C)(C)CC=O. The maximum Gasteiger partial charge on any atom is 0.120 e. The maximum absolute atomic E-state index is 10.1. The van der Waals surface area contributed by atoms with Crippen molar-refractivity contribution >= 4 is 6.29 Å². The first kappa shape index (κ1) is 9.15. The van der Waals surface area contributed by atoms with Crippen LogP contribution < -0.4 is 0 Å². The predicted molar refractivity (Wildman–Crippen MR) is 43.8 cm³/mol. The summed E-state index contributed by atoms with van der Waals surface area (Å²) in [6, 6.07) is 0. The van der Waals surface area contributed by atoms with Gasteiger partial charge in [0, 0.05) is 6.42 Å². The molecule has 0 atom stereocenters. The van der Waals surface area contributed by atoms with Gasteiger partial charge >= 0.3 is 0 Å². The fourth-order valence-corrected chi connectivity index (χ4v) is 0.611. The first-order valence-corrected chi connectivity index (χ1v) is 3.36. The molecule has 0 heterocycles. The number of carbonyl (C=O) groups excluding carboxylic acids is 1. The van der Waals surface area contributed by atoms with Gasteiger partial charge in [-0.05, 0) is 5.41 Å². The maximum atomic E-state index is 10.1. The number of carbonyl (C=O) groups is 1. The van der Waals surface area contributed by atoms with Crippen molar-refractivity contribution in [3.8, 4) is 0 Å². The van der Waals surface area contributed by atoms with Crippen LogP contribution in [-0.4, -0.2) is 6.29 Å². The average molecular weight is 138 g/mol. The number of allylic oxidation sites excluding steroid dienone is 3. The van der Waals surface area contributed by atoms with Crippen LogP contribution in [0.2, 0.25) is 0 Å². The molecule has 0 saturated carbocycles. The zero-order valence-electron chi connectivity index (χ0n) is 6.63. The molecule has 0 aliphatic heterocycles. The van der Waals surface area contributed by atoms with Crippen LogP contribution in [0.25, 0.3) is 0 Å². The van der Waals surface area contributed by atoms with Gasteiger partial charge in [0.25, 0.3) is 0 Å². The van der Waals surface area contributed by atoms with E-state index in [1.807, 2.05) is 26.0 Å². The van der Waals surface area contributed by atoms with E-state index in [-0.39, 0.29) is 5.41 Å². The van der Waals surface area contributed by atoms with E-state index in [9.17, 15) is 4.79 Å². The van der Waals surface area contributed by atoms with Gasteiger partial charge in [0.15, 0.2) is 0 Å². The van der Waals surface area contributed by atoms with Crippen molar-refractivity contribution in [3.05, 3.63) is 24.8 Å². The van der Waals surface area contributed by atoms with Crippen molar-refractivity contribution in [3.63, 3.8) is 0 Å². The van der Waals surface area contributed by atoms with Crippen LogP contribution in [-0.2, 0) is 4.79 Å². The van der Waals surface area contributed by atoms with E-state index in [0.717, 1.165) is 6.29 Å². The van der Waals surface area contributed by atoms with Gasteiger partial charge in [-0.15, -0.1) is 0 Å². The van der Waals surface area contributed by atoms with Gasteiger partial charge in [0.2, 0.25) is 0 Å². The summed E-state index contributed by atoms with van der Waals surface area (Å²) in [6.45, 7) is 7.58. The van der Waals surface area contributed by atoms with E-state index in [4.69, 9.17) is 0 Å². The Morgan fingerprint density at radius 1 is 1.50 bits per heavy atom. The minimum Gasteiger partial charge on any atom is -0.303 e. The molecule has 0 aliphatic carbocycles. The van der Waals surface area contributed by atoms with Crippen molar-refractivity contribution < 1.29 is 4.79 Å². The molecule has 0 aromatic heterocycles. The van der Waals surface area contributed by atoms with E-state index >= 15 is 0 Å². The topological polar surface area (TPSA) is 17.1 Å². The van der Waals surface area contributed by atoms with Crippen molar-refractivity contribution in [1.29, 1.82) is 0 Å². The van der Waals surface area contributed by atoms with Gasteiger partial charge in [-0.2, -0.15) is 0 Å². The quantitative estimate of drug-likeness (QED) is 0.430. The largest absolute Gasteiger partial charge is 0.303 e. The molecule has 0 N–H and O–H groups in total. The summed E-state index contributed by atoms with van der Waals surface area (Å²) >= 11 is 0. The van der Waals surface area contributed by atoms with Crippen molar-refractivity contribution in [1.82, 2.24) is 0 Å². The van der Waals surface area contributed by atoms with Crippen LogP contribution in [0.5, 0.6) is 0 Å². The zero-order chi connectivity index (χ0) is 8.04. The molecule has 10 heavy (non-hydrogen) atoms. The Hall–Kier alpha value is -0.850. The molecule has 0 aromatic carbocycles. The lowest BCUT2D eigenvalue weighted by atomic mass is 9.90. The Balaban J connectivity index is 3.96. The molecule has 1 nitrogen and oxygen atoms in total. The highest BCUT2D eigenvalue weighted by Crippen LogP contribution is 2.19. The standard InChI is InChI=1S/C9H14O/c1-4-5-6-9(2,3)7-8-10/h4-6,8H,1,7H2,2-3H3/b6-5+. The lowest BCUT2D eigenvalue weighted by Crippen LogP contribution is -2.06. The summed E-state index contributed by atoms with van der Waals surface area (Å²) in [7, 11) is 0. The second-order valence-corrected chi connectivity index (χ2v) is 2.95. The third-order valence-corrected chi connectivity index (χ3v) is 1.29. The summed E-state index contributed by atoms with van der Waals surface area (Å²) in [5, 5.41) is 0. The fourth-order valence-electron chi connectivity index (χ4n) is 0.611. The highest BCUT2D eigenvalue weighted by Gasteiger charge is 2.11. The summed E-state index contributed by atoms with van der Waals surface area (Å²) in [5.74, 6) is 0. The molecular formula is C9H14O. The first-order chi connectivity index (χ1) is 4.62. The lowest BCUT2D eigenvalue weighted by Gasteiger charge is -2.14. The molecule has 0 aliphatic rings. The van der Waals surface area contributed by atoms with Gasteiger partial charge in [-0.25, -0.2) is 0 Å². The Labute approximate surface area is 62.4 Å². The second kappa shape index (κ2) is 4.04. The van der Waals surface area contributed by atoms with Crippen molar-refractivity contribution in [2.75, 3.05) is 0 Å². The minimum absolute atomic E-state index is 0.0179. The van der Waals surface area contributed by atoms with E-state index in [1.54, 1.807) is 6.08 Å². The van der Waals surface area contributed by atoms with Crippen LogP contribution in [0.15, 0.2) is 24.8 Å². The minimum atomic E-state index is -0.0179. The molecular weight excluding hydrogens is 124 g/mol. The van der Waals surface area contributed by atoms with Gasteiger partial charge < -0.3 is 4.79 Å². The van der Waals surface area contributed by atoms with Crippen LogP contribution in [0.1, 0.15) is 20.3 Å². The monoisotopic (exact) mass is 138 g/mol. The second-order valence-electron chi connectivity index (χ2n) is 2.95. The smallest absolute Gasteiger partial charge is 0.120 e. The van der Waals surface area contributed by atoms with E-state index in [2.05, 4.69) is 6.58 Å². The summed E-state index contributed by atoms with van der Waals surface area (Å²) < 4.78 is 0. The van der Waals surface area contributed by atoms with Gasteiger partial charge in [-0.3, -0.25) is 0 Å². The van der Waals surface area contributed by atoms with Crippen LogP contribution in [0.4, 0.5) is 0 Å². The zero-order valence-corrected chi connectivity index (χ0v) is 6.63. The average Bonchev–Trinajstić information content (AvgIpc) is 1.84. The Morgan fingerprint density at radius 2 is 2.10 bits per heavy atom. The Kier molecular flexibility index (Phi) is 3.70. The molecule has 0 saturated heterocycles. The van der Waals surface area contributed by atoms with Gasteiger partial charge in [-0.1, -0.05) is 38.7 Å². The molecule has 1 heteroatoms. The van der Waals surface area contributed by atoms with E-state index < -0.39 is 0 Å². The molecule has 0 amide bonds. The van der Waals surface area contributed by atoms with Gasteiger partial charge in [0.05, 0.1) is 0 Å². The Bertz CT molecular complexity index is 143. The van der Waals surface area contributed by atoms with Crippen molar-refractivity contribution in [2.24, 2.45) is 5.41 Å². The fraction of sp³-hybridized carbons (Fsp3) is 0.444. The molecule has 0 aromatic rings. The number of aldehydes is 1. The highest BCUT2D eigenvalue weighted by atomic mass is 16.1. The number of hydrogen-bond acceptors (Lipinski definition) is 1. The molecule has 0 fully saturated rings. The molecule has 0 unspecified atom stereocenters. The highest BCUT2D eigenvalue weighted by molar-refractivity contribution is 5.51. The van der Waals surface area contributed by atoms with Gasteiger partial charge in [0.1, 0.15) is 6.29 Å². The normalized spacial score (nSPS) is 11.8. The van der Waals surface area contributed by atoms with E-state index in [0.29, 0.717) is 6.42 Å². The molecule has 0 radical (unpaired) electrons. The molecule has 0 spiro atoms. The van der Waals surface area contributed by atoms with Crippen LogP contribution in [0, 0.1) is 5.41 Å². The third kappa shape index (κ3) is 4.07. The number of rotatable bonds is 4. The summed E-state index contributed by atoms with van der Waals surface area (Å²) in [5.41, 5.74) is -0.0179. The first-order valence-electron chi connectivity index (χ1n) is 3.36.